The van der Waals surface area contributed by atoms with E-state index >= 15 is 0 Å². The van der Waals surface area contributed by atoms with Crippen molar-refractivity contribution in [3.63, 3.8) is 0 Å². The van der Waals surface area contributed by atoms with Crippen LogP contribution in [0.25, 0.3) is 5.70 Å². The Bertz CT molecular complexity index is 702. The summed E-state index contributed by atoms with van der Waals surface area (Å²) in [5, 5.41) is 23.1. The van der Waals surface area contributed by atoms with Crippen molar-refractivity contribution >= 4 is 17.8 Å². The number of carbonyl (C=O) groups is 1. The third-order valence-electron chi connectivity index (χ3n) is 2.60. The number of ketones is 1. The highest BCUT2D eigenvalue weighted by molar-refractivity contribution is 6.08. The molecule has 0 spiro atoms. The molecule has 0 atom stereocenters. The molecular formula is C14H11N3O4. The predicted octanol–water partition coefficient (Wildman–Crippen LogP) is 1.61. The molecule has 1 aliphatic rings. The Labute approximate surface area is 119 Å². The molecule has 7 heteroatoms. The number of rotatable bonds is 4. The van der Waals surface area contributed by atoms with E-state index in [1.165, 1.54) is 49.0 Å². The maximum absolute atomic E-state index is 12.1. The molecule has 2 rings (SSSR count). The van der Waals surface area contributed by atoms with E-state index in [-0.39, 0.29) is 17.0 Å². The maximum atomic E-state index is 12.1. The van der Waals surface area contributed by atoms with Crippen LogP contribution < -0.4 is 5.32 Å². The van der Waals surface area contributed by atoms with Crippen LogP contribution in [0.15, 0.2) is 59.4 Å². The van der Waals surface area contributed by atoms with Gasteiger partial charge in [-0.15, -0.1) is 0 Å². The Hall–Kier alpha value is -3.22. The van der Waals surface area contributed by atoms with Crippen molar-refractivity contribution in [2.24, 2.45) is 4.99 Å². The molecule has 1 heterocycles. The topological polar surface area (TPSA) is 105 Å². The number of carbonyl (C=O) groups excluding carboxylic acids is 1. The summed E-state index contributed by atoms with van der Waals surface area (Å²) in [5.74, 6) is -0.683. The van der Waals surface area contributed by atoms with E-state index < -0.39 is 16.4 Å². The fraction of sp³-hybridized carbons (Fsp3) is 0. The molecule has 0 fully saturated rings. The summed E-state index contributed by atoms with van der Waals surface area (Å²) < 4.78 is 0. The van der Waals surface area contributed by atoms with Gasteiger partial charge in [-0.25, -0.2) is 4.99 Å². The van der Waals surface area contributed by atoms with Crippen LogP contribution in [0.3, 0.4) is 0 Å². The molecule has 0 aromatic heterocycles. The molecule has 1 aliphatic heterocycles. The first kappa shape index (κ1) is 14.2. The molecule has 0 aliphatic carbocycles. The number of benzene rings is 1. The van der Waals surface area contributed by atoms with E-state index in [2.05, 4.69) is 10.3 Å². The Morgan fingerprint density at radius 1 is 1.43 bits per heavy atom. The summed E-state index contributed by atoms with van der Waals surface area (Å²) in [6, 6.07) is 5.51. The molecule has 106 valence electrons. The summed E-state index contributed by atoms with van der Waals surface area (Å²) in [4.78, 5) is 26.3. The van der Waals surface area contributed by atoms with Gasteiger partial charge in [0.15, 0.2) is 0 Å². The summed E-state index contributed by atoms with van der Waals surface area (Å²) in [6.07, 6.45) is 6.69. The molecule has 0 bridgehead atoms. The van der Waals surface area contributed by atoms with Crippen LogP contribution in [0.2, 0.25) is 0 Å². The molecule has 21 heavy (non-hydrogen) atoms. The monoisotopic (exact) mass is 285 g/mol. The van der Waals surface area contributed by atoms with Crippen molar-refractivity contribution in [2.75, 3.05) is 0 Å². The second-order valence-corrected chi connectivity index (χ2v) is 4.05. The fourth-order valence-corrected chi connectivity index (χ4v) is 1.65. The Morgan fingerprint density at radius 3 is 2.95 bits per heavy atom. The van der Waals surface area contributed by atoms with Gasteiger partial charge in [0.25, 0.3) is 5.70 Å². The number of nitrogens with zero attached hydrogens (tertiary/aromatic N) is 2. The van der Waals surface area contributed by atoms with E-state index in [0.29, 0.717) is 0 Å². The minimum Gasteiger partial charge on any atom is -0.508 e. The lowest BCUT2D eigenvalue weighted by molar-refractivity contribution is -0.375. The number of aromatic hydroxyl groups is 1. The normalized spacial score (nSPS) is 14.1. The standard InChI is InChI=1S/C14H11N3O4/c18-11-4-1-3-10(7-11)13(17(20)21)8-14(19)12-5-2-6-15-9-16-12/h1-9,18H,(H,15,16)/b13-8-. The molecule has 2 N–H and O–H groups in total. The van der Waals surface area contributed by atoms with Crippen molar-refractivity contribution < 1.29 is 14.8 Å². The lowest BCUT2D eigenvalue weighted by Crippen LogP contribution is -2.17. The van der Waals surface area contributed by atoms with Gasteiger partial charge in [0.1, 0.15) is 5.75 Å². The Balaban J connectivity index is 2.36. The van der Waals surface area contributed by atoms with Crippen molar-refractivity contribution in [3.05, 3.63) is 70.1 Å². The molecule has 0 amide bonds. The number of phenols is 1. The highest BCUT2D eigenvalue weighted by Crippen LogP contribution is 2.20. The lowest BCUT2D eigenvalue weighted by atomic mass is 10.1. The molecule has 7 nitrogen and oxygen atoms in total. The van der Waals surface area contributed by atoms with Crippen LogP contribution in [0, 0.1) is 10.1 Å². The largest absolute Gasteiger partial charge is 0.508 e. The predicted molar refractivity (Wildman–Crippen MR) is 76.9 cm³/mol. The first-order valence-electron chi connectivity index (χ1n) is 5.93. The Morgan fingerprint density at radius 2 is 2.24 bits per heavy atom. The maximum Gasteiger partial charge on any atom is 0.280 e. The van der Waals surface area contributed by atoms with E-state index in [1.807, 2.05) is 0 Å². The van der Waals surface area contributed by atoms with Crippen molar-refractivity contribution in [1.82, 2.24) is 5.32 Å². The number of hydrogen-bond donors (Lipinski definition) is 2. The van der Waals surface area contributed by atoms with Crippen LogP contribution in [-0.4, -0.2) is 22.2 Å². The van der Waals surface area contributed by atoms with Crippen molar-refractivity contribution in [3.8, 4) is 5.75 Å². The van der Waals surface area contributed by atoms with Gasteiger partial charge < -0.3 is 10.4 Å². The highest BCUT2D eigenvalue weighted by atomic mass is 16.6. The highest BCUT2D eigenvalue weighted by Gasteiger charge is 2.18. The van der Waals surface area contributed by atoms with Crippen molar-refractivity contribution in [2.45, 2.75) is 0 Å². The molecule has 1 aromatic rings. The van der Waals surface area contributed by atoms with Gasteiger partial charge in [0, 0.05) is 6.20 Å². The van der Waals surface area contributed by atoms with Gasteiger partial charge in [-0.1, -0.05) is 6.07 Å². The number of nitrogens with one attached hydrogen (secondary N) is 1. The second-order valence-electron chi connectivity index (χ2n) is 4.05. The zero-order valence-corrected chi connectivity index (χ0v) is 10.8. The van der Waals surface area contributed by atoms with Gasteiger partial charge in [-0.05, 0) is 30.4 Å². The Kier molecular flexibility index (Phi) is 4.25. The molecule has 0 saturated carbocycles. The third-order valence-corrected chi connectivity index (χ3v) is 2.60. The lowest BCUT2D eigenvalue weighted by Gasteiger charge is -2.02. The minimum absolute atomic E-state index is 0.116. The quantitative estimate of drug-likeness (QED) is 0.496. The zero-order valence-electron chi connectivity index (χ0n) is 10.8. The summed E-state index contributed by atoms with van der Waals surface area (Å²) in [6.45, 7) is 0. The van der Waals surface area contributed by atoms with E-state index in [1.54, 1.807) is 0 Å². The van der Waals surface area contributed by atoms with Gasteiger partial charge in [0.05, 0.1) is 28.6 Å². The van der Waals surface area contributed by atoms with Gasteiger partial charge in [0.2, 0.25) is 5.78 Å². The van der Waals surface area contributed by atoms with Gasteiger partial charge in [-0.3, -0.25) is 14.9 Å². The minimum atomic E-state index is -0.673. The molecule has 0 unspecified atom stereocenters. The summed E-state index contributed by atoms with van der Waals surface area (Å²) >= 11 is 0. The first-order valence-corrected chi connectivity index (χ1v) is 5.93. The zero-order chi connectivity index (χ0) is 15.2. The third kappa shape index (κ3) is 3.63. The van der Waals surface area contributed by atoms with Crippen LogP contribution in [0.5, 0.6) is 5.75 Å². The summed E-state index contributed by atoms with van der Waals surface area (Å²) in [7, 11) is 0. The molecular weight excluding hydrogens is 274 g/mol. The van der Waals surface area contributed by atoms with E-state index in [0.717, 1.165) is 6.08 Å². The van der Waals surface area contributed by atoms with E-state index in [4.69, 9.17) is 0 Å². The van der Waals surface area contributed by atoms with Crippen LogP contribution in [0.4, 0.5) is 0 Å². The summed E-state index contributed by atoms with van der Waals surface area (Å²) in [5.41, 5.74) is -0.0949. The number of nitro groups is 1. The van der Waals surface area contributed by atoms with Crippen molar-refractivity contribution in [1.29, 1.82) is 0 Å². The fourth-order valence-electron chi connectivity index (χ4n) is 1.65. The van der Waals surface area contributed by atoms with E-state index in [9.17, 15) is 20.0 Å². The number of hydrogen-bond acceptors (Lipinski definition) is 6. The SMILES string of the molecule is O=C(/C=C(/c1cccc(O)c1)[N+](=O)[O-])C1=CC=CN=CN1. The molecule has 1 aromatic carbocycles. The average molecular weight is 285 g/mol. The van der Waals surface area contributed by atoms with Gasteiger partial charge >= 0.3 is 0 Å². The number of aliphatic imine (C=N–C) groups is 1. The number of allylic oxidation sites excluding steroid dienone is 3. The average Bonchev–Trinajstić information content (AvgIpc) is 2.73. The number of phenolic OH excluding ortho intramolecular Hbond substituents is 1. The van der Waals surface area contributed by atoms with Gasteiger partial charge in [-0.2, -0.15) is 0 Å². The first-order chi connectivity index (χ1) is 10.1. The van der Waals surface area contributed by atoms with Crippen LogP contribution in [-0.2, 0) is 4.79 Å². The molecule has 0 radical (unpaired) electrons. The smallest absolute Gasteiger partial charge is 0.280 e. The van der Waals surface area contributed by atoms with Crippen LogP contribution >= 0.6 is 0 Å². The molecule has 0 saturated heterocycles. The van der Waals surface area contributed by atoms with Crippen LogP contribution in [0.1, 0.15) is 5.56 Å². The second kappa shape index (κ2) is 6.29.